The standard InChI is InChI=1S/C11H9N5O2/c1-16-3-2-7(4-9(16)17)11(18)14-10-8(5-12)6-13-15-10/h2-4,6H,1H3,(H2,13,14,15,18). The lowest BCUT2D eigenvalue weighted by atomic mass is 10.2. The van der Waals surface area contributed by atoms with Crippen molar-refractivity contribution in [1.29, 1.82) is 5.26 Å². The number of H-pyrrole nitrogens is 1. The van der Waals surface area contributed by atoms with E-state index in [-0.39, 0.29) is 22.5 Å². The minimum absolute atomic E-state index is 0.211. The first-order valence-electron chi connectivity index (χ1n) is 5.03. The van der Waals surface area contributed by atoms with Gasteiger partial charge < -0.3 is 9.88 Å². The molecule has 90 valence electrons. The first-order chi connectivity index (χ1) is 8.61. The van der Waals surface area contributed by atoms with Crippen molar-refractivity contribution in [3.05, 3.63) is 46.0 Å². The van der Waals surface area contributed by atoms with Crippen LogP contribution in [0.1, 0.15) is 15.9 Å². The molecule has 0 fully saturated rings. The maximum Gasteiger partial charge on any atom is 0.257 e. The van der Waals surface area contributed by atoms with Crippen molar-refractivity contribution in [2.75, 3.05) is 5.32 Å². The van der Waals surface area contributed by atoms with E-state index in [1.807, 2.05) is 6.07 Å². The van der Waals surface area contributed by atoms with E-state index in [9.17, 15) is 9.59 Å². The number of aromatic nitrogens is 3. The smallest absolute Gasteiger partial charge is 0.257 e. The van der Waals surface area contributed by atoms with Crippen LogP contribution >= 0.6 is 0 Å². The predicted octanol–water partition coefficient (Wildman–Crippen LogP) is 0.232. The number of anilines is 1. The molecule has 0 bridgehead atoms. The number of hydrogen-bond donors (Lipinski definition) is 2. The molecule has 2 N–H and O–H groups in total. The number of amides is 1. The molecule has 0 aliphatic heterocycles. The fourth-order valence-corrected chi connectivity index (χ4v) is 1.34. The number of nitriles is 1. The fourth-order valence-electron chi connectivity index (χ4n) is 1.34. The second-order valence-corrected chi connectivity index (χ2v) is 3.59. The number of rotatable bonds is 2. The summed E-state index contributed by atoms with van der Waals surface area (Å²) in [5.41, 5.74) is 0.163. The summed E-state index contributed by atoms with van der Waals surface area (Å²) in [6.45, 7) is 0. The summed E-state index contributed by atoms with van der Waals surface area (Å²) in [4.78, 5) is 23.2. The van der Waals surface area contributed by atoms with E-state index < -0.39 is 5.91 Å². The van der Waals surface area contributed by atoms with Crippen LogP contribution in [-0.4, -0.2) is 20.7 Å². The van der Waals surface area contributed by atoms with Gasteiger partial charge in [-0.05, 0) is 6.07 Å². The number of nitrogens with zero attached hydrogens (tertiary/aromatic N) is 3. The van der Waals surface area contributed by atoms with Crippen molar-refractivity contribution in [3.8, 4) is 6.07 Å². The van der Waals surface area contributed by atoms with Crippen LogP contribution in [0, 0.1) is 11.3 Å². The van der Waals surface area contributed by atoms with Gasteiger partial charge in [0, 0.05) is 24.9 Å². The second kappa shape index (κ2) is 4.55. The minimum atomic E-state index is -0.478. The first-order valence-corrected chi connectivity index (χ1v) is 5.03. The SMILES string of the molecule is Cn1ccc(C(=O)Nc2[nH]ncc2C#N)cc1=O. The molecule has 0 aromatic carbocycles. The molecule has 0 atom stereocenters. The lowest BCUT2D eigenvalue weighted by molar-refractivity contribution is 0.102. The van der Waals surface area contributed by atoms with Gasteiger partial charge in [-0.25, -0.2) is 0 Å². The summed E-state index contributed by atoms with van der Waals surface area (Å²) >= 11 is 0. The molecule has 18 heavy (non-hydrogen) atoms. The second-order valence-electron chi connectivity index (χ2n) is 3.59. The molecule has 0 spiro atoms. The van der Waals surface area contributed by atoms with Crippen LogP contribution in [0.3, 0.4) is 0 Å². The Hall–Kier alpha value is -2.88. The summed E-state index contributed by atoms with van der Waals surface area (Å²) in [6, 6.07) is 4.61. The highest BCUT2D eigenvalue weighted by molar-refractivity contribution is 6.04. The number of carbonyl (C=O) groups is 1. The van der Waals surface area contributed by atoms with Crippen molar-refractivity contribution in [2.24, 2.45) is 7.05 Å². The van der Waals surface area contributed by atoms with Crippen LogP contribution in [0.25, 0.3) is 0 Å². The van der Waals surface area contributed by atoms with Crippen molar-refractivity contribution in [3.63, 3.8) is 0 Å². The van der Waals surface area contributed by atoms with Crippen molar-refractivity contribution in [1.82, 2.24) is 14.8 Å². The summed E-state index contributed by atoms with van der Waals surface area (Å²) in [5, 5.41) is 17.4. The van der Waals surface area contributed by atoms with Gasteiger partial charge in [0.2, 0.25) is 0 Å². The molecular weight excluding hydrogens is 234 g/mol. The van der Waals surface area contributed by atoms with Gasteiger partial charge in [0.1, 0.15) is 17.5 Å². The fraction of sp³-hybridized carbons (Fsp3) is 0.0909. The first kappa shape index (κ1) is 11.6. The topological polar surface area (TPSA) is 104 Å². The highest BCUT2D eigenvalue weighted by Crippen LogP contribution is 2.10. The van der Waals surface area contributed by atoms with Crippen LogP contribution in [0.5, 0.6) is 0 Å². The number of hydrogen-bond acceptors (Lipinski definition) is 4. The van der Waals surface area contributed by atoms with Gasteiger partial charge in [-0.3, -0.25) is 14.7 Å². The predicted molar refractivity (Wildman–Crippen MR) is 62.9 cm³/mol. The monoisotopic (exact) mass is 243 g/mol. The Balaban J connectivity index is 2.25. The van der Waals surface area contributed by atoms with E-state index in [1.165, 1.54) is 29.1 Å². The summed E-state index contributed by atoms with van der Waals surface area (Å²) in [7, 11) is 1.59. The molecule has 0 radical (unpaired) electrons. The molecule has 0 aliphatic carbocycles. The zero-order chi connectivity index (χ0) is 13.1. The van der Waals surface area contributed by atoms with Crippen molar-refractivity contribution in [2.45, 2.75) is 0 Å². The summed E-state index contributed by atoms with van der Waals surface area (Å²) < 4.78 is 1.35. The molecular formula is C11H9N5O2. The largest absolute Gasteiger partial charge is 0.319 e. The number of aromatic amines is 1. The van der Waals surface area contributed by atoms with Crippen LogP contribution in [0.15, 0.2) is 29.3 Å². The van der Waals surface area contributed by atoms with Crippen molar-refractivity contribution < 1.29 is 4.79 Å². The lowest BCUT2D eigenvalue weighted by Crippen LogP contribution is -2.20. The summed E-state index contributed by atoms with van der Waals surface area (Å²) in [6.07, 6.45) is 2.80. The number of nitrogens with one attached hydrogen (secondary N) is 2. The molecule has 0 aliphatic rings. The van der Waals surface area contributed by atoms with Crippen LogP contribution in [0.4, 0.5) is 5.82 Å². The zero-order valence-corrected chi connectivity index (χ0v) is 9.47. The van der Waals surface area contributed by atoms with E-state index in [0.717, 1.165) is 0 Å². The van der Waals surface area contributed by atoms with Crippen LogP contribution in [0.2, 0.25) is 0 Å². The van der Waals surface area contributed by atoms with Gasteiger partial charge in [0.15, 0.2) is 0 Å². The highest BCUT2D eigenvalue weighted by Gasteiger charge is 2.11. The Morgan fingerprint density at radius 2 is 2.39 bits per heavy atom. The molecule has 2 rings (SSSR count). The Morgan fingerprint density at radius 1 is 1.61 bits per heavy atom. The van der Waals surface area contributed by atoms with E-state index >= 15 is 0 Å². The lowest BCUT2D eigenvalue weighted by Gasteiger charge is -2.03. The molecule has 2 aromatic heterocycles. The molecule has 1 amide bonds. The van der Waals surface area contributed by atoms with Gasteiger partial charge >= 0.3 is 0 Å². The maximum absolute atomic E-state index is 11.8. The van der Waals surface area contributed by atoms with Crippen LogP contribution < -0.4 is 10.9 Å². The third kappa shape index (κ3) is 2.12. The van der Waals surface area contributed by atoms with Crippen LogP contribution in [-0.2, 0) is 7.05 Å². The quantitative estimate of drug-likeness (QED) is 0.787. The van der Waals surface area contributed by atoms with E-state index in [1.54, 1.807) is 7.05 Å². The van der Waals surface area contributed by atoms with Crippen molar-refractivity contribution >= 4 is 11.7 Å². The normalized spacial score (nSPS) is 9.78. The van der Waals surface area contributed by atoms with Gasteiger partial charge in [-0.2, -0.15) is 10.4 Å². The van der Waals surface area contributed by atoms with Gasteiger partial charge in [-0.15, -0.1) is 0 Å². The average Bonchev–Trinajstić information content (AvgIpc) is 2.79. The maximum atomic E-state index is 11.8. The van der Waals surface area contributed by atoms with E-state index in [0.29, 0.717) is 0 Å². The Bertz CT molecular complexity index is 692. The average molecular weight is 243 g/mol. The molecule has 0 saturated heterocycles. The molecule has 7 nitrogen and oxygen atoms in total. The molecule has 0 unspecified atom stereocenters. The van der Waals surface area contributed by atoms with E-state index in [2.05, 4.69) is 15.5 Å². The van der Waals surface area contributed by atoms with E-state index in [4.69, 9.17) is 5.26 Å². The Labute approximate surface area is 102 Å². The third-order valence-electron chi connectivity index (χ3n) is 2.36. The third-order valence-corrected chi connectivity index (χ3v) is 2.36. The Kier molecular flexibility index (Phi) is 2.93. The summed E-state index contributed by atoms with van der Waals surface area (Å²) in [5.74, 6) is -0.267. The molecule has 7 heteroatoms. The van der Waals surface area contributed by atoms with Gasteiger partial charge in [0.25, 0.3) is 11.5 Å². The number of carbonyl (C=O) groups excluding carboxylic acids is 1. The minimum Gasteiger partial charge on any atom is -0.319 e. The zero-order valence-electron chi connectivity index (χ0n) is 9.47. The number of pyridine rings is 1. The highest BCUT2D eigenvalue weighted by atomic mass is 16.2. The van der Waals surface area contributed by atoms with Gasteiger partial charge in [-0.1, -0.05) is 0 Å². The number of aryl methyl sites for hydroxylation is 1. The molecule has 2 aromatic rings. The van der Waals surface area contributed by atoms with Gasteiger partial charge in [0.05, 0.1) is 6.20 Å². The molecule has 2 heterocycles. The molecule has 0 saturated carbocycles. The Morgan fingerprint density at radius 3 is 3.06 bits per heavy atom.